The molecular weight excluding hydrogens is 322 g/mol. The van der Waals surface area contributed by atoms with Crippen molar-refractivity contribution in [2.24, 2.45) is 0 Å². The number of nitrogens with one attached hydrogen (secondary N) is 1. The number of rotatable bonds is 5. The molecule has 4 rings (SSSR count). The molecule has 2 aliphatic rings. The quantitative estimate of drug-likeness (QED) is 0.901. The van der Waals surface area contributed by atoms with Crippen molar-refractivity contribution in [3.8, 4) is 0 Å². The number of anilines is 1. The average Bonchev–Trinajstić information content (AvgIpc) is 3.36. The van der Waals surface area contributed by atoms with Gasteiger partial charge in [-0.25, -0.2) is 0 Å². The van der Waals surface area contributed by atoms with Crippen molar-refractivity contribution >= 4 is 11.6 Å². The minimum absolute atomic E-state index is 0.0374. The van der Waals surface area contributed by atoms with E-state index in [1.807, 2.05) is 25.1 Å². The summed E-state index contributed by atoms with van der Waals surface area (Å²) in [5.74, 6) is 0.0374. The van der Waals surface area contributed by atoms with E-state index >= 15 is 0 Å². The summed E-state index contributed by atoms with van der Waals surface area (Å²) in [6, 6.07) is 17.2. The molecule has 0 bridgehead atoms. The third-order valence-electron chi connectivity index (χ3n) is 5.85. The van der Waals surface area contributed by atoms with E-state index < -0.39 is 0 Å². The molecule has 0 spiro atoms. The Morgan fingerprint density at radius 1 is 1.12 bits per heavy atom. The summed E-state index contributed by atoms with van der Waals surface area (Å²) < 4.78 is 0. The molecule has 1 saturated carbocycles. The zero-order valence-corrected chi connectivity index (χ0v) is 15.8. The number of carbonyl (C=O) groups is 1. The zero-order chi connectivity index (χ0) is 18.3. The van der Waals surface area contributed by atoms with Crippen molar-refractivity contribution in [3.63, 3.8) is 0 Å². The molecule has 136 valence electrons. The molecule has 1 amide bonds. The van der Waals surface area contributed by atoms with Gasteiger partial charge in [0.1, 0.15) is 0 Å². The zero-order valence-electron chi connectivity index (χ0n) is 15.8. The van der Waals surface area contributed by atoms with Gasteiger partial charge in [-0.1, -0.05) is 36.4 Å². The lowest BCUT2D eigenvalue weighted by atomic mass is 10.0. The third kappa shape index (κ3) is 3.10. The third-order valence-corrected chi connectivity index (χ3v) is 5.85. The van der Waals surface area contributed by atoms with Crippen LogP contribution < -0.4 is 10.2 Å². The summed E-state index contributed by atoms with van der Waals surface area (Å²) in [4.78, 5) is 17.6. The number of hydrogen-bond acceptors (Lipinski definition) is 3. The molecule has 2 aromatic rings. The van der Waals surface area contributed by atoms with E-state index in [9.17, 15) is 4.79 Å². The van der Waals surface area contributed by atoms with Crippen molar-refractivity contribution in [2.75, 3.05) is 32.1 Å². The van der Waals surface area contributed by atoms with Gasteiger partial charge in [-0.05, 0) is 57.1 Å². The minimum Gasteiger partial charge on any atom is -0.368 e. The molecule has 0 aromatic heterocycles. The molecule has 2 fully saturated rings. The Labute approximate surface area is 155 Å². The van der Waals surface area contributed by atoms with Crippen molar-refractivity contribution < 1.29 is 4.79 Å². The van der Waals surface area contributed by atoms with Gasteiger partial charge in [0.2, 0.25) is 0 Å². The summed E-state index contributed by atoms with van der Waals surface area (Å²) in [5, 5.41) is 3.30. The Morgan fingerprint density at radius 2 is 1.81 bits per heavy atom. The number of benzene rings is 2. The number of amides is 1. The highest BCUT2D eigenvalue weighted by atomic mass is 16.1. The molecule has 4 nitrogen and oxygen atoms in total. The van der Waals surface area contributed by atoms with Crippen LogP contribution in [0.3, 0.4) is 0 Å². The molecule has 1 saturated heterocycles. The van der Waals surface area contributed by atoms with Gasteiger partial charge in [-0.15, -0.1) is 0 Å². The molecule has 26 heavy (non-hydrogen) atoms. The second-order valence-electron chi connectivity index (χ2n) is 7.92. The van der Waals surface area contributed by atoms with Crippen molar-refractivity contribution in [3.05, 3.63) is 65.2 Å². The molecule has 4 heteroatoms. The van der Waals surface area contributed by atoms with Gasteiger partial charge in [-0.2, -0.15) is 0 Å². The van der Waals surface area contributed by atoms with E-state index in [2.05, 4.69) is 59.5 Å². The Balaban J connectivity index is 1.51. The highest BCUT2D eigenvalue weighted by molar-refractivity contribution is 5.97. The van der Waals surface area contributed by atoms with Crippen molar-refractivity contribution in [1.29, 1.82) is 0 Å². The number of likely N-dealkylation sites (N-methyl/N-ethyl adjacent to an activating group) is 1. The van der Waals surface area contributed by atoms with Crippen LogP contribution in [-0.2, 0) is 5.54 Å². The maximum absolute atomic E-state index is 13.0. The molecule has 1 N–H and O–H groups in total. The lowest BCUT2D eigenvalue weighted by Crippen LogP contribution is -2.57. The topological polar surface area (TPSA) is 35.6 Å². The van der Waals surface area contributed by atoms with Gasteiger partial charge < -0.3 is 15.1 Å². The Hall–Kier alpha value is -2.33. The number of nitrogens with zero attached hydrogens (tertiary/aromatic N) is 2. The summed E-state index contributed by atoms with van der Waals surface area (Å²) in [5.41, 5.74) is 3.99. The van der Waals surface area contributed by atoms with Crippen LogP contribution in [0.2, 0.25) is 0 Å². The van der Waals surface area contributed by atoms with E-state index in [4.69, 9.17) is 0 Å². The van der Waals surface area contributed by atoms with Crippen LogP contribution in [0.1, 0.15) is 34.3 Å². The first kappa shape index (κ1) is 17.1. The maximum Gasteiger partial charge on any atom is 0.252 e. The Kier molecular flexibility index (Phi) is 4.23. The molecule has 0 atom stereocenters. The number of carbonyl (C=O) groups excluding carboxylic acids is 1. The normalized spacial score (nSPS) is 18.5. The van der Waals surface area contributed by atoms with Gasteiger partial charge in [0.15, 0.2) is 0 Å². The number of aryl methyl sites for hydroxylation is 1. The van der Waals surface area contributed by atoms with Gasteiger partial charge in [0.05, 0.1) is 5.54 Å². The first-order chi connectivity index (χ1) is 12.5. The summed E-state index contributed by atoms with van der Waals surface area (Å²) in [7, 11) is 4.24. The van der Waals surface area contributed by atoms with Gasteiger partial charge >= 0.3 is 0 Å². The summed E-state index contributed by atoms with van der Waals surface area (Å²) in [6.45, 7) is 4.05. The summed E-state index contributed by atoms with van der Waals surface area (Å²) in [6.07, 6.45) is 2.02. The molecule has 1 heterocycles. The van der Waals surface area contributed by atoms with Crippen LogP contribution in [0.15, 0.2) is 48.5 Å². The average molecular weight is 349 g/mol. The van der Waals surface area contributed by atoms with E-state index in [-0.39, 0.29) is 11.4 Å². The van der Waals surface area contributed by atoms with E-state index in [0.29, 0.717) is 6.04 Å². The lowest BCUT2D eigenvalue weighted by molar-refractivity contribution is 0.0930. The van der Waals surface area contributed by atoms with E-state index in [1.165, 1.54) is 5.56 Å². The second kappa shape index (κ2) is 6.44. The summed E-state index contributed by atoms with van der Waals surface area (Å²) >= 11 is 0. The number of hydrogen-bond donors (Lipinski definition) is 1. The van der Waals surface area contributed by atoms with Crippen molar-refractivity contribution in [1.82, 2.24) is 10.2 Å². The largest absolute Gasteiger partial charge is 0.368 e. The van der Waals surface area contributed by atoms with Crippen LogP contribution in [0, 0.1) is 6.92 Å². The van der Waals surface area contributed by atoms with Crippen LogP contribution in [-0.4, -0.2) is 44.0 Å². The molecule has 1 aliphatic carbocycles. The second-order valence-corrected chi connectivity index (χ2v) is 7.92. The molecule has 2 aromatic carbocycles. The fraction of sp³-hybridized carbons (Fsp3) is 0.409. The molecular formula is C22H27N3O. The predicted octanol–water partition coefficient (Wildman–Crippen LogP) is 3.16. The monoisotopic (exact) mass is 349 g/mol. The molecule has 0 radical (unpaired) electrons. The highest BCUT2D eigenvalue weighted by Gasteiger charge is 2.45. The molecule has 0 unspecified atom stereocenters. The maximum atomic E-state index is 13.0. The van der Waals surface area contributed by atoms with Gasteiger partial charge in [0, 0.05) is 30.4 Å². The predicted molar refractivity (Wildman–Crippen MR) is 106 cm³/mol. The first-order valence-electron chi connectivity index (χ1n) is 9.39. The van der Waals surface area contributed by atoms with Gasteiger partial charge in [-0.3, -0.25) is 4.79 Å². The van der Waals surface area contributed by atoms with Gasteiger partial charge in [0.25, 0.3) is 5.91 Å². The standard InChI is InChI=1S/C22H27N3O/c1-16-9-10-18(25-14-19(15-25)24(2)3)13-20(16)21(26)23-22(11-12-22)17-7-5-4-6-8-17/h4-10,13,19H,11-12,14-15H2,1-3H3,(H,23,26). The minimum atomic E-state index is -0.173. The van der Waals surface area contributed by atoms with Crippen LogP contribution in [0.4, 0.5) is 5.69 Å². The lowest BCUT2D eigenvalue weighted by Gasteiger charge is -2.44. The fourth-order valence-corrected chi connectivity index (χ4v) is 3.70. The van der Waals surface area contributed by atoms with Crippen LogP contribution in [0.25, 0.3) is 0 Å². The highest BCUT2D eigenvalue weighted by Crippen LogP contribution is 2.45. The fourth-order valence-electron chi connectivity index (χ4n) is 3.70. The smallest absolute Gasteiger partial charge is 0.252 e. The SMILES string of the molecule is Cc1ccc(N2CC(N(C)C)C2)cc1C(=O)NC1(c2ccccc2)CC1. The Morgan fingerprint density at radius 3 is 2.42 bits per heavy atom. The van der Waals surface area contributed by atoms with E-state index in [1.54, 1.807) is 0 Å². The van der Waals surface area contributed by atoms with E-state index in [0.717, 1.165) is 42.7 Å². The first-order valence-corrected chi connectivity index (χ1v) is 9.39. The Bertz CT molecular complexity index is 805. The van der Waals surface area contributed by atoms with Crippen molar-refractivity contribution in [2.45, 2.75) is 31.3 Å². The van der Waals surface area contributed by atoms with Crippen LogP contribution >= 0.6 is 0 Å². The molecule has 1 aliphatic heterocycles. The van der Waals surface area contributed by atoms with Crippen LogP contribution in [0.5, 0.6) is 0 Å².